The Morgan fingerprint density at radius 1 is 0.923 bits per heavy atom. The van der Waals surface area contributed by atoms with Gasteiger partial charge in [-0.3, -0.25) is 4.79 Å². The number of nitrogens with zero attached hydrogens (tertiary/aromatic N) is 4. The van der Waals surface area contributed by atoms with Gasteiger partial charge in [0.2, 0.25) is 15.9 Å². The Morgan fingerprint density at radius 3 is 2.18 bits per heavy atom. The average Bonchev–Trinajstić information content (AvgIpc) is 3.61. The third-order valence-electron chi connectivity index (χ3n) is 9.09. The molecule has 4 aliphatic heterocycles. The van der Waals surface area contributed by atoms with E-state index >= 15 is 0 Å². The van der Waals surface area contributed by atoms with E-state index in [1.54, 1.807) is 11.0 Å². The molecule has 0 aromatic carbocycles. The van der Waals surface area contributed by atoms with Gasteiger partial charge in [-0.2, -0.15) is 0 Å². The van der Waals surface area contributed by atoms with Crippen LogP contribution in [0.1, 0.15) is 60.5 Å². The number of pyridine rings is 1. The summed E-state index contributed by atoms with van der Waals surface area (Å²) in [5.74, 6) is 1.90. The molecule has 1 aliphatic carbocycles. The van der Waals surface area contributed by atoms with Crippen LogP contribution in [0, 0.1) is 17.8 Å². The second-order valence-corrected chi connectivity index (χ2v) is 13.8. The van der Waals surface area contributed by atoms with Crippen molar-refractivity contribution in [3.63, 3.8) is 0 Å². The van der Waals surface area contributed by atoms with Gasteiger partial charge in [-0.25, -0.2) is 23.3 Å². The molecule has 5 heterocycles. The Kier molecular flexibility index (Phi) is 7.45. The van der Waals surface area contributed by atoms with E-state index in [0.717, 1.165) is 44.6 Å². The molecule has 0 spiro atoms. The van der Waals surface area contributed by atoms with E-state index in [9.17, 15) is 18.0 Å². The topological polar surface area (TPSA) is 135 Å². The summed E-state index contributed by atoms with van der Waals surface area (Å²) < 4.78 is 34.8. The highest BCUT2D eigenvalue weighted by molar-refractivity contribution is 7.89. The normalized spacial score (nSPS) is 26.6. The number of urea groups is 1. The summed E-state index contributed by atoms with van der Waals surface area (Å²) >= 11 is 0. The van der Waals surface area contributed by atoms with Gasteiger partial charge < -0.3 is 24.2 Å². The van der Waals surface area contributed by atoms with E-state index in [1.807, 2.05) is 15.9 Å². The fourth-order valence-electron chi connectivity index (χ4n) is 6.50. The predicted molar refractivity (Wildman–Crippen MR) is 143 cm³/mol. The number of piperidine rings is 1. The van der Waals surface area contributed by atoms with E-state index in [-0.39, 0.29) is 23.8 Å². The Balaban J connectivity index is 1.05. The summed E-state index contributed by atoms with van der Waals surface area (Å²) in [5, 5.41) is 4.72. The molecule has 3 amide bonds. The number of hydrogen-bond donors (Lipinski definition) is 1. The SMILES string of the molecule is NS(=O)(=O)C1CCN(C(=O)N2C[C@H]3CN(C(=O)c4cc(OCC5CCOCC5)nc(C5CC5)c4)C[C@@H]3C2)CC1. The van der Waals surface area contributed by atoms with Crippen LogP contribution in [0.15, 0.2) is 12.1 Å². The number of rotatable bonds is 6. The molecule has 2 N–H and O–H groups in total. The second-order valence-electron chi connectivity index (χ2n) is 12.0. The van der Waals surface area contributed by atoms with Crippen LogP contribution in [0.3, 0.4) is 0 Å². The van der Waals surface area contributed by atoms with Crippen LogP contribution in [-0.2, 0) is 14.8 Å². The lowest BCUT2D eigenvalue weighted by molar-refractivity contribution is 0.0490. The van der Waals surface area contributed by atoms with Crippen molar-refractivity contribution in [1.82, 2.24) is 19.7 Å². The molecule has 2 atom stereocenters. The van der Waals surface area contributed by atoms with Gasteiger partial charge in [0.25, 0.3) is 5.91 Å². The fourth-order valence-corrected chi connectivity index (χ4v) is 7.37. The minimum absolute atomic E-state index is 0.00700. The molecule has 1 aromatic heterocycles. The number of likely N-dealkylation sites (tertiary alicyclic amines) is 3. The van der Waals surface area contributed by atoms with Gasteiger partial charge in [0, 0.05) is 87.6 Å². The Labute approximate surface area is 230 Å². The number of hydrogen-bond acceptors (Lipinski definition) is 7. The first-order valence-corrected chi connectivity index (χ1v) is 15.9. The van der Waals surface area contributed by atoms with Gasteiger partial charge in [-0.05, 0) is 50.5 Å². The van der Waals surface area contributed by atoms with Crippen molar-refractivity contribution in [2.45, 2.75) is 49.7 Å². The van der Waals surface area contributed by atoms with Crippen LogP contribution in [0.25, 0.3) is 0 Å². The molecule has 0 bridgehead atoms. The van der Waals surface area contributed by atoms with Gasteiger partial charge in [0.1, 0.15) is 0 Å². The first-order valence-electron chi connectivity index (χ1n) is 14.3. The van der Waals surface area contributed by atoms with Crippen LogP contribution >= 0.6 is 0 Å². The van der Waals surface area contributed by atoms with E-state index in [0.29, 0.717) is 82.0 Å². The van der Waals surface area contributed by atoms with E-state index in [4.69, 9.17) is 19.6 Å². The van der Waals surface area contributed by atoms with Crippen molar-refractivity contribution >= 4 is 22.0 Å². The second kappa shape index (κ2) is 10.9. The lowest BCUT2D eigenvalue weighted by atomic mass is 10.0. The molecule has 39 heavy (non-hydrogen) atoms. The molecule has 6 rings (SSSR count). The number of fused-ring (bicyclic) bond motifs is 1. The quantitative estimate of drug-likeness (QED) is 0.558. The molecule has 0 unspecified atom stereocenters. The Morgan fingerprint density at radius 2 is 1.56 bits per heavy atom. The van der Waals surface area contributed by atoms with E-state index in [1.165, 1.54) is 0 Å². The first kappa shape index (κ1) is 26.8. The highest BCUT2D eigenvalue weighted by atomic mass is 32.2. The molecule has 5 aliphatic rings. The minimum Gasteiger partial charge on any atom is -0.477 e. The first-order chi connectivity index (χ1) is 18.7. The molecular weight excluding hydrogens is 522 g/mol. The summed E-state index contributed by atoms with van der Waals surface area (Å²) in [6.07, 6.45) is 4.92. The van der Waals surface area contributed by atoms with Gasteiger partial charge in [-0.1, -0.05) is 0 Å². The van der Waals surface area contributed by atoms with E-state index < -0.39 is 15.3 Å². The smallest absolute Gasteiger partial charge is 0.320 e. The van der Waals surface area contributed by atoms with Crippen molar-refractivity contribution < 1.29 is 27.5 Å². The fraction of sp³-hybridized carbons (Fsp3) is 0.741. The molecule has 4 saturated heterocycles. The Hall–Kier alpha value is -2.44. The van der Waals surface area contributed by atoms with Crippen LogP contribution < -0.4 is 9.88 Å². The van der Waals surface area contributed by atoms with Crippen molar-refractivity contribution in [2.24, 2.45) is 22.9 Å². The molecule has 11 nitrogen and oxygen atoms in total. The maximum Gasteiger partial charge on any atom is 0.320 e. The van der Waals surface area contributed by atoms with Crippen molar-refractivity contribution in [3.05, 3.63) is 23.4 Å². The number of primary sulfonamides is 1. The molecular formula is C27H39N5O6S. The average molecular weight is 562 g/mol. The lowest BCUT2D eigenvalue weighted by Crippen LogP contribution is -2.49. The number of sulfonamides is 1. The minimum atomic E-state index is -3.56. The van der Waals surface area contributed by atoms with Gasteiger partial charge in [0.05, 0.1) is 11.9 Å². The molecule has 5 fully saturated rings. The number of ether oxygens (including phenoxy) is 2. The van der Waals surface area contributed by atoms with Crippen LogP contribution in [0.4, 0.5) is 4.79 Å². The zero-order valence-electron chi connectivity index (χ0n) is 22.4. The summed E-state index contributed by atoms with van der Waals surface area (Å²) in [6, 6.07) is 3.70. The summed E-state index contributed by atoms with van der Waals surface area (Å²) in [6.45, 7) is 5.42. The largest absolute Gasteiger partial charge is 0.477 e. The van der Waals surface area contributed by atoms with Gasteiger partial charge >= 0.3 is 6.03 Å². The molecule has 12 heteroatoms. The monoisotopic (exact) mass is 561 g/mol. The lowest BCUT2D eigenvalue weighted by Gasteiger charge is -2.34. The third-order valence-corrected chi connectivity index (χ3v) is 10.5. The van der Waals surface area contributed by atoms with Crippen LogP contribution in [-0.4, -0.2) is 104 Å². The highest BCUT2D eigenvalue weighted by Crippen LogP contribution is 2.40. The standard InChI is InChI=1S/C27H39N5O6S/c28-39(35,36)23-3-7-30(8-4-23)27(34)32-15-21-13-31(14-22(21)16-32)26(33)20-11-24(19-1-2-19)29-25(12-20)38-17-18-5-9-37-10-6-18/h11-12,18-19,21-23H,1-10,13-17H2,(H2,28,35,36)/t21-,22-/m1/s1. The summed E-state index contributed by atoms with van der Waals surface area (Å²) in [5.41, 5.74) is 1.59. The number of amides is 3. The molecule has 0 radical (unpaired) electrons. The number of nitrogens with two attached hydrogens (primary N) is 1. The van der Waals surface area contributed by atoms with E-state index in [2.05, 4.69) is 0 Å². The predicted octanol–water partition coefficient (Wildman–Crippen LogP) is 1.64. The number of carbonyl (C=O) groups excluding carboxylic acids is 2. The zero-order chi connectivity index (χ0) is 27.1. The van der Waals surface area contributed by atoms with Gasteiger partial charge in [0.15, 0.2) is 0 Å². The van der Waals surface area contributed by atoms with Crippen LogP contribution in [0.5, 0.6) is 5.88 Å². The summed E-state index contributed by atoms with van der Waals surface area (Å²) in [7, 11) is -3.56. The van der Waals surface area contributed by atoms with Crippen molar-refractivity contribution in [2.75, 3.05) is 59.1 Å². The maximum absolute atomic E-state index is 13.6. The zero-order valence-corrected chi connectivity index (χ0v) is 23.2. The molecule has 1 saturated carbocycles. The van der Waals surface area contributed by atoms with Crippen molar-refractivity contribution in [3.8, 4) is 5.88 Å². The highest BCUT2D eigenvalue weighted by Gasteiger charge is 2.44. The third kappa shape index (κ3) is 6.02. The number of carbonyl (C=O) groups is 2. The van der Waals surface area contributed by atoms with Crippen molar-refractivity contribution in [1.29, 1.82) is 0 Å². The summed E-state index contributed by atoms with van der Waals surface area (Å²) in [4.78, 5) is 36.9. The Bertz CT molecular complexity index is 1180. The van der Waals surface area contributed by atoms with Crippen LogP contribution in [0.2, 0.25) is 0 Å². The molecule has 1 aromatic rings. The number of aromatic nitrogens is 1. The molecule has 214 valence electrons. The maximum atomic E-state index is 13.6. The van der Waals surface area contributed by atoms with Gasteiger partial charge in [-0.15, -0.1) is 0 Å².